The number of ether oxygens (including phenoxy) is 1. The van der Waals surface area contributed by atoms with Gasteiger partial charge in [0.1, 0.15) is 4.21 Å². The molecular weight excluding hydrogens is 464 g/mol. The lowest BCUT2D eigenvalue weighted by Crippen LogP contribution is -2.35. The molecule has 1 aromatic carbocycles. The zero-order valence-corrected chi connectivity index (χ0v) is 19.6. The van der Waals surface area contributed by atoms with Gasteiger partial charge in [-0.05, 0) is 43.0 Å². The van der Waals surface area contributed by atoms with Crippen LogP contribution in [-0.4, -0.2) is 66.2 Å². The van der Waals surface area contributed by atoms with Crippen LogP contribution in [0.3, 0.4) is 0 Å². The maximum atomic E-state index is 13.3. The maximum absolute atomic E-state index is 13.3. The minimum Gasteiger partial charge on any atom is -0.465 e. The molecule has 2 aromatic heterocycles. The highest BCUT2D eigenvalue weighted by molar-refractivity contribution is 7.91. The van der Waals surface area contributed by atoms with Gasteiger partial charge in [0, 0.05) is 42.5 Å². The van der Waals surface area contributed by atoms with Gasteiger partial charge in [0.15, 0.2) is 0 Å². The van der Waals surface area contributed by atoms with Gasteiger partial charge in [-0.3, -0.25) is 14.8 Å². The van der Waals surface area contributed by atoms with Crippen LogP contribution in [0.25, 0.3) is 11.0 Å². The van der Waals surface area contributed by atoms with E-state index in [0.29, 0.717) is 53.1 Å². The van der Waals surface area contributed by atoms with E-state index in [1.165, 1.54) is 11.4 Å². The van der Waals surface area contributed by atoms with Crippen molar-refractivity contribution in [2.45, 2.75) is 30.0 Å². The number of carbonyl (C=O) groups is 2. The number of sulfonamides is 1. The Morgan fingerprint density at radius 2 is 1.79 bits per heavy atom. The largest absolute Gasteiger partial charge is 0.465 e. The van der Waals surface area contributed by atoms with Gasteiger partial charge < -0.3 is 9.64 Å². The summed E-state index contributed by atoms with van der Waals surface area (Å²) in [4.78, 5) is 36.7. The molecule has 33 heavy (non-hydrogen) atoms. The highest BCUT2D eigenvalue weighted by atomic mass is 32.2. The van der Waals surface area contributed by atoms with Gasteiger partial charge in [-0.25, -0.2) is 13.2 Å². The predicted molar refractivity (Wildman–Crippen MR) is 122 cm³/mol. The van der Waals surface area contributed by atoms with Crippen molar-refractivity contribution in [1.82, 2.24) is 19.2 Å². The minimum atomic E-state index is -3.80. The quantitative estimate of drug-likeness (QED) is 0.521. The Hall–Kier alpha value is -2.89. The fourth-order valence-electron chi connectivity index (χ4n) is 4.37. The SMILES string of the molecule is COC(=O)c1c(S(=O)(=O)N2CCCC2)sc2c1CCN(C(=O)c1ccc3nccnc3c1)C2. The molecule has 0 radical (unpaired) electrons. The van der Waals surface area contributed by atoms with Crippen molar-refractivity contribution in [3.05, 3.63) is 52.2 Å². The second-order valence-electron chi connectivity index (χ2n) is 8.01. The fraction of sp³-hybridized carbons (Fsp3) is 0.364. The van der Waals surface area contributed by atoms with Crippen LogP contribution in [0.5, 0.6) is 0 Å². The Kier molecular flexibility index (Phi) is 5.63. The Balaban J connectivity index is 1.49. The number of nitrogens with zero attached hydrogens (tertiary/aromatic N) is 4. The topological polar surface area (TPSA) is 110 Å². The molecule has 172 valence electrons. The maximum Gasteiger partial charge on any atom is 0.340 e. The van der Waals surface area contributed by atoms with Gasteiger partial charge >= 0.3 is 5.97 Å². The van der Waals surface area contributed by atoms with E-state index >= 15 is 0 Å². The third kappa shape index (κ3) is 3.79. The van der Waals surface area contributed by atoms with Crippen LogP contribution in [0, 0.1) is 0 Å². The van der Waals surface area contributed by atoms with Gasteiger partial charge in [-0.2, -0.15) is 4.31 Å². The molecule has 4 heterocycles. The van der Waals surface area contributed by atoms with Crippen LogP contribution in [-0.2, 0) is 27.7 Å². The molecule has 1 saturated heterocycles. The summed E-state index contributed by atoms with van der Waals surface area (Å²) in [6.45, 7) is 1.49. The second kappa shape index (κ2) is 8.47. The van der Waals surface area contributed by atoms with Crippen LogP contribution in [0.15, 0.2) is 34.8 Å². The lowest BCUT2D eigenvalue weighted by atomic mass is 10.0. The first-order chi connectivity index (χ1) is 15.9. The van der Waals surface area contributed by atoms with E-state index in [2.05, 4.69) is 9.97 Å². The van der Waals surface area contributed by atoms with Gasteiger partial charge in [0.25, 0.3) is 15.9 Å². The Labute approximate surface area is 195 Å². The predicted octanol–water partition coefficient (Wildman–Crippen LogP) is 2.46. The van der Waals surface area contributed by atoms with Crippen LogP contribution in [0.2, 0.25) is 0 Å². The van der Waals surface area contributed by atoms with Crippen molar-refractivity contribution in [2.24, 2.45) is 0 Å². The standard InChI is InChI=1S/C22H22N4O5S2/c1-31-21(28)19-15-6-11-25(20(27)14-4-5-16-17(12-14)24-8-7-23-16)13-18(15)32-22(19)33(29,30)26-9-2-3-10-26/h4-5,7-8,12H,2-3,6,9-11,13H2,1H3. The zero-order chi connectivity index (χ0) is 23.2. The zero-order valence-electron chi connectivity index (χ0n) is 18.0. The number of hydrogen-bond donors (Lipinski definition) is 0. The van der Waals surface area contributed by atoms with Gasteiger partial charge in [-0.15, -0.1) is 11.3 Å². The average molecular weight is 487 g/mol. The average Bonchev–Trinajstić information content (AvgIpc) is 3.51. The first-order valence-electron chi connectivity index (χ1n) is 10.6. The summed E-state index contributed by atoms with van der Waals surface area (Å²) in [5.74, 6) is -0.830. The molecule has 0 N–H and O–H groups in total. The number of carbonyl (C=O) groups excluding carboxylic acids is 2. The highest BCUT2D eigenvalue weighted by Gasteiger charge is 2.38. The summed E-state index contributed by atoms with van der Waals surface area (Å²) in [7, 11) is -2.55. The molecule has 0 bridgehead atoms. The molecule has 11 heteroatoms. The highest BCUT2D eigenvalue weighted by Crippen LogP contribution is 2.39. The van der Waals surface area contributed by atoms with E-state index in [1.54, 1.807) is 35.5 Å². The molecule has 0 aliphatic carbocycles. The molecular formula is C22H22N4O5S2. The Bertz CT molecular complexity index is 1360. The normalized spacial score (nSPS) is 16.7. The van der Waals surface area contributed by atoms with E-state index in [0.717, 1.165) is 24.2 Å². The van der Waals surface area contributed by atoms with Gasteiger partial charge in [0.2, 0.25) is 0 Å². The molecule has 0 atom stereocenters. The lowest BCUT2D eigenvalue weighted by molar-refractivity contribution is 0.0595. The molecule has 0 unspecified atom stereocenters. The number of benzene rings is 1. The second-order valence-corrected chi connectivity index (χ2v) is 11.2. The van der Waals surface area contributed by atoms with Crippen molar-refractivity contribution >= 4 is 44.3 Å². The van der Waals surface area contributed by atoms with Crippen molar-refractivity contribution in [1.29, 1.82) is 0 Å². The summed E-state index contributed by atoms with van der Waals surface area (Å²) < 4.78 is 33.0. The van der Waals surface area contributed by atoms with Crippen LogP contribution >= 0.6 is 11.3 Å². The lowest BCUT2D eigenvalue weighted by Gasteiger charge is -2.27. The van der Waals surface area contributed by atoms with E-state index in [-0.39, 0.29) is 22.2 Å². The third-order valence-corrected chi connectivity index (χ3v) is 9.67. The first-order valence-corrected chi connectivity index (χ1v) is 12.9. The molecule has 2 aliphatic rings. The van der Waals surface area contributed by atoms with Crippen molar-refractivity contribution < 1.29 is 22.7 Å². The molecule has 3 aromatic rings. The van der Waals surface area contributed by atoms with Crippen molar-refractivity contribution in [3.8, 4) is 0 Å². The monoisotopic (exact) mass is 486 g/mol. The van der Waals surface area contributed by atoms with Gasteiger partial charge in [0.05, 0.1) is 30.3 Å². The smallest absolute Gasteiger partial charge is 0.340 e. The summed E-state index contributed by atoms with van der Waals surface area (Å²) in [5.41, 5.74) is 2.61. The van der Waals surface area contributed by atoms with E-state index in [1.807, 2.05) is 0 Å². The molecule has 0 spiro atoms. The van der Waals surface area contributed by atoms with Gasteiger partial charge in [-0.1, -0.05) is 0 Å². The number of fused-ring (bicyclic) bond motifs is 2. The summed E-state index contributed by atoms with van der Waals surface area (Å²) in [6.07, 6.45) is 5.16. The summed E-state index contributed by atoms with van der Waals surface area (Å²) in [6, 6.07) is 5.18. The van der Waals surface area contributed by atoms with Crippen LogP contribution in [0.4, 0.5) is 0 Å². The number of hydrogen-bond acceptors (Lipinski definition) is 8. The van der Waals surface area contributed by atoms with Crippen LogP contribution in [0.1, 0.15) is 44.0 Å². The molecule has 2 aliphatic heterocycles. The van der Waals surface area contributed by atoms with E-state index in [4.69, 9.17) is 4.74 Å². The number of thiophene rings is 1. The number of aromatic nitrogens is 2. The minimum absolute atomic E-state index is 0.0246. The molecule has 1 amide bonds. The third-order valence-electron chi connectivity index (χ3n) is 6.06. The Morgan fingerprint density at radius 1 is 1.06 bits per heavy atom. The number of amides is 1. The first kappa shape index (κ1) is 21.9. The van der Waals surface area contributed by atoms with Crippen molar-refractivity contribution in [3.63, 3.8) is 0 Å². The number of methoxy groups -OCH3 is 1. The molecule has 0 saturated carbocycles. The summed E-state index contributed by atoms with van der Waals surface area (Å²) in [5, 5.41) is 0. The molecule has 9 nitrogen and oxygen atoms in total. The summed E-state index contributed by atoms with van der Waals surface area (Å²) >= 11 is 1.07. The van der Waals surface area contributed by atoms with E-state index in [9.17, 15) is 18.0 Å². The fourth-order valence-corrected chi connectivity index (χ4v) is 7.92. The Morgan fingerprint density at radius 3 is 2.52 bits per heavy atom. The molecule has 5 rings (SSSR count). The number of rotatable bonds is 4. The van der Waals surface area contributed by atoms with Crippen LogP contribution < -0.4 is 0 Å². The molecule has 1 fully saturated rings. The number of esters is 1. The van der Waals surface area contributed by atoms with Crippen molar-refractivity contribution in [2.75, 3.05) is 26.7 Å². The van der Waals surface area contributed by atoms with E-state index < -0.39 is 16.0 Å².